The van der Waals surface area contributed by atoms with Crippen molar-refractivity contribution in [1.82, 2.24) is 0 Å². The quantitative estimate of drug-likeness (QED) is 0.475. The zero-order chi connectivity index (χ0) is 22.3. The second-order valence-electron chi connectivity index (χ2n) is 10.9. The molecule has 0 aromatic rings. The number of rotatable bonds is 5. The van der Waals surface area contributed by atoms with Crippen molar-refractivity contribution in [2.75, 3.05) is 0 Å². The van der Waals surface area contributed by atoms with Crippen molar-refractivity contribution in [3.8, 4) is 0 Å². The van der Waals surface area contributed by atoms with Crippen LogP contribution in [-0.4, -0.2) is 17.0 Å². The van der Waals surface area contributed by atoms with Gasteiger partial charge in [0, 0.05) is 12.3 Å². The first kappa shape index (κ1) is 25.4. The number of hydrogen-bond acceptors (Lipinski definition) is 2. The zero-order valence-corrected chi connectivity index (χ0v) is 20.6. The zero-order valence-electron chi connectivity index (χ0n) is 20.6. The summed E-state index contributed by atoms with van der Waals surface area (Å²) in [6, 6.07) is 0. The van der Waals surface area contributed by atoms with Crippen LogP contribution in [0.4, 0.5) is 0 Å². The maximum atomic E-state index is 13.0. The molecule has 2 aliphatic carbocycles. The number of Topliss-reactive ketones (excluding diaryl/α,β-unsaturated/α-hetero) is 1. The molecule has 0 aromatic carbocycles. The van der Waals surface area contributed by atoms with Crippen LogP contribution < -0.4 is 0 Å². The number of ketones is 1. The molecule has 1 N–H and O–H groups in total. The minimum atomic E-state index is -0.158. The molecule has 30 heavy (non-hydrogen) atoms. The van der Waals surface area contributed by atoms with Gasteiger partial charge >= 0.3 is 0 Å². The fourth-order valence-corrected chi connectivity index (χ4v) is 5.47. The predicted molar refractivity (Wildman–Crippen MR) is 128 cm³/mol. The van der Waals surface area contributed by atoms with Gasteiger partial charge in [-0.3, -0.25) is 4.79 Å². The van der Waals surface area contributed by atoms with Crippen molar-refractivity contribution in [2.45, 2.75) is 105 Å². The summed E-state index contributed by atoms with van der Waals surface area (Å²) in [5.41, 5.74) is 1.58. The van der Waals surface area contributed by atoms with Crippen LogP contribution in [0.15, 0.2) is 23.8 Å². The Balaban J connectivity index is 2.15. The number of aliphatic hydroxyl groups excluding tert-OH is 1. The lowest BCUT2D eigenvalue weighted by Gasteiger charge is -2.29. The van der Waals surface area contributed by atoms with Crippen molar-refractivity contribution in [2.24, 2.45) is 41.4 Å². The number of carbonyl (C=O) groups is 1. The summed E-state index contributed by atoms with van der Waals surface area (Å²) < 4.78 is 0. The van der Waals surface area contributed by atoms with E-state index in [0.29, 0.717) is 41.3 Å². The molecule has 0 aromatic heterocycles. The lowest BCUT2D eigenvalue weighted by molar-refractivity contribution is -0.125. The van der Waals surface area contributed by atoms with Crippen LogP contribution in [0.3, 0.4) is 0 Å². The first-order valence-electron chi connectivity index (χ1n) is 12.8. The van der Waals surface area contributed by atoms with Gasteiger partial charge in [-0.2, -0.15) is 0 Å². The number of carbonyl (C=O) groups excluding carboxylic acids is 1. The molecule has 0 amide bonds. The summed E-state index contributed by atoms with van der Waals surface area (Å²) in [7, 11) is 0. The third-order valence-corrected chi connectivity index (χ3v) is 8.29. The summed E-state index contributed by atoms with van der Waals surface area (Å²) >= 11 is 0. The van der Waals surface area contributed by atoms with Crippen LogP contribution >= 0.6 is 0 Å². The standard InChI is InChI=1S/C28H48O2/c1-19(2)22(5)18-28(30)23(6)26-13-9-11-24-10-7-8-12-25(29)16-14-21(4)27(24)17-15-20(26)3/h7,10,17,19-26,29H,8-9,11-16,18H2,1-6H3/b10-7+,27-17-/t20-,21-,22-,23-,24-,25+,26-/m0/s1. The maximum Gasteiger partial charge on any atom is 0.136 e. The van der Waals surface area contributed by atoms with Gasteiger partial charge in [-0.05, 0) is 80.5 Å². The van der Waals surface area contributed by atoms with Gasteiger partial charge in [0.25, 0.3) is 0 Å². The second kappa shape index (κ2) is 12.2. The third kappa shape index (κ3) is 7.36. The van der Waals surface area contributed by atoms with Gasteiger partial charge in [0.05, 0.1) is 6.10 Å². The predicted octanol–water partition coefficient (Wildman–Crippen LogP) is 7.37. The normalized spacial score (nSPS) is 36.3. The highest BCUT2D eigenvalue weighted by molar-refractivity contribution is 5.81. The van der Waals surface area contributed by atoms with Gasteiger partial charge in [0.1, 0.15) is 5.78 Å². The van der Waals surface area contributed by atoms with Gasteiger partial charge < -0.3 is 5.11 Å². The highest BCUT2D eigenvalue weighted by Crippen LogP contribution is 2.38. The van der Waals surface area contributed by atoms with Crippen LogP contribution in [-0.2, 0) is 4.79 Å². The molecule has 7 atom stereocenters. The van der Waals surface area contributed by atoms with E-state index in [1.807, 2.05) is 0 Å². The monoisotopic (exact) mass is 416 g/mol. The fourth-order valence-electron chi connectivity index (χ4n) is 5.47. The van der Waals surface area contributed by atoms with E-state index in [4.69, 9.17) is 0 Å². The second-order valence-corrected chi connectivity index (χ2v) is 10.9. The largest absolute Gasteiger partial charge is 0.393 e. The van der Waals surface area contributed by atoms with Crippen LogP contribution in [0, 0.1) is 41.4 Å². The maximum absolute atomic E-state index is 13.0. The number of fused-ring (bicyclic) bond motifs is 1. The highest BCUT2D eigenvalue weighted by atomic mass is 16.3. The van der Waals surface area contributed by atoms with Crippen LogP contribution in [0.2, 0.25) is 0 Å². The molecule has 0 spiro atoms. The summed E-state index contributed by atoms with van der Waals surface area (Å²) in [6.07, 6.45) is 16.3. The molecule has 0 heterocycles. The Morgan fingerprint density at radius 1 is 1.07 bits per heavy atom. The topological polar surface area (TPSA) is 37.3 Å². The Kier molecular flexibility index (Phi) is 10.3. The minimum Gasteiger partial charge on any atom is -0.393 e. The van der Waals surface area contributed by atoms with E-state index in [-0.39, 0.29) is 12.0 Å². The Morgan fingerprint density at radius 2 is 1.80 bits per heavy atom. The Bertz CT molecular complexity index is 587. The number of allylic oxidation sites excluding steroid dienone is 4. The highest BCUT2D eigenvalue weighted by Gasteiger charge is 2.31. The molecule has 0 fully saturated rings. The lowest BCUT2D eigenvalue weighted by atomic mass is 9.75. The van der Waals surface area contributed by atoms with Crippen LogP contribution in [0.5, 0.6) is 0 Å². The number of aliphatic hydroxyl groups is 1. The van der Waals surface area contributed by atoms with Crippen LogP contribution in [0.25, 0.3) is 0 Å². The fraction of sp³-hybridized carbons (Fsp3) is 0.821. The third-order valence-electron chi connectivity index (χ3n) is 8.29. The average molecular weight is 417 g/mol. The van der Waals surface area contributed by atoms with Gasteiger partial charge in [-0.25, -0.2) is 0 Å². The lowest BCUT2D eigenvalue weighted by Crippen LogP contribution is -2.28. The Morgan fingerprint density at radius 3 is 2.50 bits per heavy atom. The van der Waals surface area contributed by atoms with Crippen molar-refractivity contribution >= 4 is 5.78 Å². The van der Waals surface area contributed by atoms with Crippen molar-refractivity contribution in [3.05, 3.63) is 23.8 Å². The SMILES string of the molecule is CC(C)[C@@H](C)CC(=O)[C@@H](C)[C@H]1CCC[C@@H]2/C=C/CC[C@@H](O)CC[C@H](C)/C2=C/C[C@@H]1C. The molecule has 172 valence electrons. The van der Waals surface area contributed by atoms with Gasteiger partial charge in [0.2, 0.25) is 0 Å². The molecule has 0 unspecified atom stereocenters. The van der Waals surface area contributed by atoms with Crippen molar-refractivity contribution in [1.29, 1.82) is 0 Å². The van der Waals surface area contributed by atoms with Crippen LogP contribution in [0.1, 0.15) is 99.3 Å². The molecular weight excluding hydrogens is 368 g/mol. The molecule has 0 radical (unpaired) electrons. The van der Waals surface area contributed by atoms with E-state index < -0.39 is 0 Å². The summed E-state index contributed by atoms with van der Waals surface area (Å²) in [4.78, 5) is 13.0. The van der Waals surface area contributed by atoms with Crippen molar-refractivity contribution < 1.29 is 9.90 Å². The van der Waals surface area contributed by atoms with E-state index in [9.17, 15) is 9.90 Å². The van der Waals surface area contributed by atoms with Gasteiger partial charge in [-0.15, -0.1) is 0 Å². The molecule has 2 nitrogen and oxygen atoms in total. The first-order valence-corrected chi connectivity index (χ1v) is 12.8. The van der Waals surface area contributed by atoms with Gasteiger partial charge in [0.15, 0.2) is 0 Å². The molecule has 0 saturated carbocycles. The molecule has 2 heteroatoms. The summed E-state index contributed by atoms with van der Waals surface area (Å²) in [5.74, 6) is 3.78. The summed E-state index contributed by atoms with van der Waals surface area (Å²) in [6.45, 7) is 13.6. The minimum absolute atomic E-state index is 0.158. The molecular formula is C28H48O2. The molecule has 2 rings (SSSR count). The average Bonchev–Trinajstić information content (AvgIpc) is 2.77. The Labute approximate surface area is 186 Å². The first-order chi connectivity index (χ1) is 14.2. The molecule has 0 bridgehead atoms. The molecule has 2 aliphatic rings. The van der Waals surface area contributed by atoms with E-state index in [2.05, 4.69) is 59.8 Å². The smallest absolute Gasteiger partial charge is 0.136 e. The van der Waals surface area contributed by atoms with E-state index in [1.165, 1.54) is 19.3 Å². The number of hydrogen-bond donors (Lipinski definition) is 1. The Hall–Kier alpha value is -0.890. The molecule has 0 aliphatic heterocycles. The van der Waals surface area contributed by atoms with E-state index >= 15 is 0 Å². The summed E-state index contributed by atoms with van der Waals surface area (Å²) in [5, 5.41) is 10.2. The van der Waals surface area contributed by atoms with Crippen molar-refractivity contribution in [3.63, 3.8) is 0 Å². The van der Waals surface area contributed by atoms with E-state index in [1.54, 1.807) is 5.57 Å². The van der Waals surface area contributed by atoms with E-state index in [0.717, 1.165) is 38.5 Å². The molecule has 0 saturated heterocycles. The van der Waals surface area contributed by atoms with Gasteiger partial charge in [-0.1, -0.05) is 71.8 Å².